The highest BCUT2D eigenvalue weighted by atomic mass is 35.5. The summed E-state index contributed by atoms with van der Waals surface area (Å²) in [6.45, 7) is 0. The molecule has 0 radical (unpaired) electrons. The van der Waals surface area contributed by atoms with Gasteiger partial charge in [-0.2, -0.15) is 4.98 Å². The van der Waals surface area contributed by atoms with Gasteiger partial charge in [-0.3, -0.25) is 0 Å². The minimum absolute atomic E-state index is 0.336. The minimum atomic E-state index is 0.336. The normalized spacial score (nSPS) is 10.3. The van der Waals surface area contributed by atoms with E-state index in [1.807, 2.05) is 12.1 Å². The van der Waals surface area contributed by atoms with E-state index >= 15 is 0 Å². The van der Waals surface area contributed by atoms with Gasteiger partial charge in [0, 0.05) is 0 Å². The maximum Gasteiger partial charge on any atom is 0.280 e. The van der Waals surface area contributed by atoms with Crippen LogP contribution in [-0.2, 0) is 5.88 Å². The number of aromatic nitrogens is 1. The summed E-state index contributed by atoms with van der Waals surface area (Å²) < 4.78 is 10.6. The highest BCUT2D eigenvalue weighted by molar-refractivity contribution is 7.14. The van der Waals surface area contributed by atoms with Crippen LogP contribution >= 0.6 is 34.5 Å². The molecule has 2 aromatic rings. The number of rotatable bonds is 4. The molecule has 1 aromatic carbocycles. The topological polar surface area (TPSA) is 31.4 Å². The van der Waals surface area contributed by atoms with Gasteiger partial charge in [0.15, 0.2) is 0 Å². The van der Waals surface area contributed by atoms with Gasteiger partial charge in [0.2, 0.25) is 0 Å². The van der Waals surface area contributed by atoms with Crippen LogP contribution < -0.4 is 9.47 Å². The lowest BCUT2D eigenvalue weighted by Gasteiger charge is -2.02. The van der Waals surface area contributed by atoms with Crippen LogP contribution in [0, 0.1) is 0 Å². The van der Waals surface area contributed by atoms with Crippen LogP contribution in [0.15, 0.2) is 24.3 Å². The maximum atomic E-state index is 5.87. The molecule has 0 fully saturated rings. The van der Waals surface area contributed by atoms with E-state index in [0.29, 0.717) is 22.0 Å². The third-order valence-electron chi connectivity index (χ3n) is 2.02. The molecule has 0 bridgehead atoms. The molecule has 0 amide bonds. The molecule has 0 unspecified atom stereocenters. The molecule has 90 valence electrons. The number of methoxy groups -OCH3 is 1. The largest absolute Gasteiger partial charge is 0.497 e. The van der Waals surface area contributed by atoms with Gasteiger partial charge in [0.05, 0.1) is 17.9 Å². The van der Waals surface area contributed by atoms with E-state index in [1.54, 1.807) is 19.2 Å². The molecule has 17 heavy (non-hydrogen) atoms. The van der Waals surface area contributed by atoms with Crippen molar-refractivity contribution in [3.05, 3.63) is 34.3 Å². The molecule has 0 N–H and O–H groups in total. The molecule has 2 rings (SSSR count). The summed E-state index contributed by atoms with van der Waals surface area (Å²) in [5.41, 5.74) is 0. The Balaban J connectivity index is 2.13. The van der Waals surface area contributed by atoms with Crippen molar-refractivity contribution in [2.24, 2.45) is 0 Å². The molecule has 0 aliphatic heterocycles. The highest BCUT2D eigenvalue weighted by Gasteiger charge is 2.09. The van der Waals surface area contributed by atoms with Crippen LogP contribution in [0.2, 0.25) is 5.15 Å². The first-order valence-electron chi connectivity index (χ1n) is 4.76. The smallest absolute Gasteiger partial charge is 0.280 e. The second-order valence-electron chi connectivity index (χ2n) is 3.10. The Morgan fingerprint density at radius 3 is 2.41 bits per heavy atom. The summed E-state index contributed by atoms with van der Waals surface area (Å²) in [5, 5.41) is 0.879. The summed E-state index contributed by atoms with van der Waals surface area (Å²) in [5.74, 6) is 1.79. The molecule has 0 saturated heterocycles. The predicted molar refractivity (Wildman–Crippen MR) is 69.7 cm³/mol. The average molecular weight is 290 g/mol. The summed E-state index contributed by atoms with van der Waals surface area (Å²) in [6, 6.07) is 7.23. The van der Waals surface area contributed by atoms with E-state index in [1.165, 1.54) is 11.3 Å². The SMILES string of the molecule is COc1ccc(Oc2nc(Cl)c(CCl)s2)cc1. The van der Waals surface area contributed by atoms with Gasteiger partial charge in [-0.1, -0.05) is 22.9 Å². The van der Waals surface area contributed by atoms with Crippen LogP contribution in [0.25, 0.3) is 0 Å². The molecule has 0 aliphatic carbocycles. The highest BCUT2D eigenvalue weighted by Crippen LogP contribution is 2.33. The third kappa shape index (κ3) is 3.03. The molecule has 0 saturated carbocycles. The monoisotopic (exact) mass is 289 g/mol. The number of nitrogens with zero attached hydrogens (tertiary/aromatic N) is 1. The fourth-order valence-electron chi connectivity index (χ4n) is 1.18. The Morgan fingerprint density at radius 2 is 1.88 bits per heavy atom. The van der Waals surface area contributed by atoms with Crippen LogP contribution in [0.4, 0.5) is 0 Å². The lowest BCUT2D eigenvalue weighted by molar-refractivity contribution is 0.412. The lowest BCUT2D eigenvalue weighted by atomic mass is 10.3. The zero-order valence-corrected chi connectivity index (χ0v) is 11.3. The number of hydrogen-bond donors (Lipinski definition) is 0. The first-order valence-corrected chi connectivity index (χ1v) is 6.49. The third-order valence-corrected chi connectivity index (χ3v) is 3.80. The Bertz CT molecular complexity index is 499. The zero-order valence-electron chi connectivity index (χ0n) is 8.94. The molecule has 6 heteroatoms. The second kappa shape index (κ2) is 5.58. The molecule has 0 aliphatic rings. The van der Waals surface area contributed by atoms with E-state index in [0.717, 1.165) is 10.6 Å². The van der Waals surface area contributed by atoms with E-state index < -0.39 is 0 Å². The van der Waals surface area contributed by atoms with Crippen molar-refractivity contribution in [2.75, 3.05) is 7.11 Å². The van der Waals surface area contributed by atoms with E-state index in [9.17, 15) is 0 Å². The van der Waals surface area contributed by atoms with Gasteiger partial charge in [-0.05, 0) is 24.3 Å². The van der Waals surface area contributed by atoms with Crippen molar-refractivity contribution in [3.63, 3.8) is 0 Å². The van der Waals surface area contributed by atoms with Crippen molar-refractivity contribution in [3.8, 4) is 16.7 Å². The first kappa shape index (κ1) is 12.5. The van der Waals surface area contributed by atoms with E-state index in [4.69, 9.17) is 32.7 Å². The van der Waals surface area contributed by atoms with Gasteiger partial charge in [-0.15, -0.1) is 11.6 Å². The Hall–Kier alpha value is -0.970. The van der Waals surface area contributed by atoms with Gasteiger partial charge >= 0.3 is 0 Å². The molecular weight excluding hydrogens is 281 g/mol. The van der Waals surface area contributed by atoms with Gasteiger partial charge in [0.1, 0.15) is 16.7 Å². The standard InChI is InChI=1S/C11H9Cl2NO2S/c1-15-7-2-4-8(5-3-7)16-11-14-10(13)9(6-12)17-11/h2-5H,6H2,1H3. The molecule has 0 atom stereocenters. The number of halogens is 2. The van der Waals surface area contributed by atoms with Crippen LogP contribution in [0.3, 0.4) is 0 Å². The van der Waals surface area contributed by atoms with Crippen LogP contribution in [0.5, 0.6) is 16.7 Å². The number of ether oxygens (including phenoxy) is 2. The van der Waals surface area contributed by atoms with Gasteiger partial charge < -0.3 is 9.47 Å². The Morgan fingerprint density at radius 1 is 1.24 bits per heavy atom. The molecule has 1 heterocycles. The average Bonchev–Trinajstić information content (AvgIpc) is 2.70. The van der Waals surface area contributed by atoms with E-state index in [-0.39, 0.29) is 0 Å². The van der Waals surface area contributed by atoms with Crippen LogP contribution in [0.1, 0.15) is 4.88 Å². The number of thiazole rings is 1. The summed E-state index contributed by atoms with van der Waals surface area (Å²) in [6.07, 6.45) is 0. The summed E-state index contributed by atoms with van der Waals surface area (Å²) >= 11 is 12.9. The molecule has 3 nitrogen and oxygen atoms in total. The number of alkyl halides is 1. The number of hydrogen-bond acceptors (Lipinski definition) is 4. The molecule has 0 spiro atoms. The van der Waals surface area contributed by atoms with Crippen molar-refractivity contribution in [1.82, 2.24) is 4.98 Å². The van der Waals surface area contributed by atoms with Crippen molar-refractivity contribution in [2.45, 2.75) is 5.88 Å². The van der Waals surface area contributed by atoms with E-state index in [2.05, 4.69) is 4.98 Å². The maximum absolute atomic E-state index is 5.87. The molecule has 1 aromatic heterocycles. The zero-order chi connectivity index (χ0) is 12.3. The minimum Gasteiger partial charge on any atom is -0.497 e. The van der Waals surface area contributed by atoms with Crippen molar-refractivity contribution in [1.29, 1.82) is 0 Å². The number of benzene rings is 1. The molecular formula is C11H9Cl2NO2S. The fourth-order valence-corrected chi connectivity index (χ4v) is 2.52. The van der Waals surface area contributed by atoms with Gasteiger partial charge in [-0.25, -0.2) is 0 Å². The lowest BCUT2D eigenvalue weighted by Crippen LogP contribution is -1.84. The van der Waals surface area contributed by atoms with Crippen LogP contribution in [-0.4, -0.2) is 12.1 Å². The first-order chi connectivity index (χ1) is 8.22. The van der Waals surface area contributed by atoms with Crippen molar-refractivity contribution < 1.29 is 9.47 Å². The fraction of sp³-hybridized carbons (Fsp3) is 0.182. The van der Waals surface area contributed by atoms with Gasteiger partial charge in [0.25, 0.3) is 5.19 Å². The summed E-state index contributed by atoms with van der Waals surface area (Å²) in [4.78, 5) is 4.87. The quantitative estimate of drug-likeness (QED) is 0.785. The summed E-state index contributed by atoms with van der Waals surface area (Å²) in [7, 11) is 1.61. The predicted octanol–water partition coefficient (Wildman–Crippen LogP) is 4.34. The van der Waals surface area contributed by atoms with Crippen molar-refractivity contribution >= 4 is 34.5 Å². The Labute approximate surface area is 113 Å². The second-order valence-corrected chi connectivity index (χ2v) is 4.78. The Kier molecular flexibility index (Phi) is 4.10.